The quantitative estimate of drug-likeness (QED) is 0.451. The highest BCUT2D eigenvalue weighted by atomic mass is 16.6. The van der Waals surface area contributed by atoms with Crippen LogP contribution in [0.5, 0.6) is 0 Å². The van der Waals surface area contributed by atoms with Crippen molar-refractivity contribution in [3.63, 3.8) is 0 Å². The zero-order valence-electron chi connectivity index (χ0n) is 11.6. The van der Waals surface area contributed by atoms with E-state index < -0.39 is 0 Å². The molecule has 0 aliphatic carbocycles. The van der Waals surface area contributed by atoms with E-state index in [2.05, 4.69) is 6.92 Å². The average Bonchev–Trinajstić information content (AvgIpc) is 2.39. The Labute approximate surface area is 110 Å². The summed E-state index contributed by atoms with van der Waals surface area (Å²) in [5.41, 5.74) is 0. The van der Waals surface area contributed by atoms with Gasteiger partial charge in [-0.15, -0.1) is 0 Å². The molecule has 0 aromatic carbocycles. The van der Waals surface area contributed by atoms with Crippen LogP contribution < -0.4 is 0 Å². The Hall–Kier alpha value is -0.200. The highest BCUT2D eigenvalue weighted by molar-refractivity contribution is 4.37. The van der Waals surface area contributed by atoms with Crippen molar-refractivity contribution in [1.82, 2.24) is 0 Å². The van der Waals surface area contributed by atoms with Gasteiger partial charge in [0.15, 0.2) is 0 Å². The summed E-state index contributed by atoms with van der Waals surface area (Å²) in [6.07, 6.45) is 3.58. The van der Waals surface area contributed by atoms with E-state index in [-0.39, 0.29) is 6.61 Å². The third kappa shape index (κ3) is 15.8. The van der Waals surface area contributed by atoms with Crippen LogP contribution in [0.3, 0.4) is 0 Å². The lowest BCUT2D eigenvalue weighted by atomic mass is 10.3. The summed E-state index contributed by atoms with van der Waals surface area (Å²) in [6.45, 7) is 6.92. The summed E-state index contributed by atoms with van der Waals surface area (Å²) in [6, 6.07) is 0. The standard InChI is InChI=1S/C13H28O5/c1-2-3-4-6-15-8-10-17-12-13-18-11-9-16-7-5-14/h14H,2-13H2,1H3. The minimum atomic E-state index is 0.0569. The summed E-state index contributed by atoms with van der Waals surface area (Å²) in [5.74, 6) is 0. The minimum Gasteiger partial charge on any atom is -0.394 e. The molecule has 0 aliphatic heterocycles. The largest absolute Gasteiger partial charge is 0.394 e. The molecule has 5 heteroatoms. The van der Waals surface area contributed by atoms with Crippen LogP contribution in [-0.2, 0) is 18.9 Å². The second-order valence-corrected chi connectivity index (χ2v) is 3.88. The second kappa shape index (κ2) is 16.8. The molecule has 0 saturated carbocycles. The topological polar surface area (TPSA) is 57.2 Å². The molecule has 110 valence electrons. The third-order valence-corrected chi connectivity index (χ3v) is 2.24. The monoisotopic (exact) mass is 264 g/mol. The van der Waals surface area contributed by atoms with Gasteiger partial charge in [0.2, 0.25) is 0 Å². The molecule has 0 rings (SSSR count). The first-order chi connectivity index (χ1) is 8.91. The van der Waals surface area contributed by atoms with E-state index >= 15 is 0 Å². The van der Waals surface area contributed by atoms with Gasteiger partial charge in [-0.2, -0.15) is 0 Å². The third-order valence-electron chi connectivity index (χ3n) is 2.24. The average molecular weight is 264 g/mol. The Balaban J connectivity index is 2.86. The fourth-order valence-electron chi connectivity index (χ4n) is 1.28. The number of rotatable bonds is 15. The van der Waals surface area contributed by atoms with Crippen molar-refractivity contribution in [3.8, 4) is 0 Å². The Morgan fingerprint density at radius 1 is 0.611 bits per heavy atom. The molecular weight excluding hydrogens is 236 g/mol. The van der Waals surface area contributed by atoms with Crippen LogP contribution in [0.15, 0.2) is 0 Å². The lowest BCUT2D eigenvalue weighted by Gasteiger charge is -2.07. The van der Waals surface area contributed by atoms with Crippen LogP contribution in [0.2, 0.25) is 0 Å². The highest BCUT2D eigenvalue weighted by Crippen LogP contribution is 1.93. The molecule has 0 unspecified atom stereocenters. The fraction of sp³-hybridized carbons (Fsp3) is 1.00. The first-order valence-electron chi connectivity index (χ1n) is 6.83. The van der Waals surface area contributed by atoms with Crippen molar-refractivity contribution >= 4 is 0 Å². The van der Waals surface area contributed by atoms with Gasteiger partial charge in [-0.25, -0.2) is 0 Å². The summed E-state index contributed by atoms with van der Waals surface area (Å²) >= 11 is 0. The lowest BCUT2D eigenvalue weighted by Crippen LogP contribution is -2.12. The number of aliphatic hydroxyl groups excluding tert-OH is 1. The van der Waals surface area contributed by atoms with Crippen molar-refractivity contribution < 1.29 is 24.1 Å². The van der Waals surface area contributed by atoms with Gasteiger partial charge in [-0.3, -0.25) is 0 Å². The molecule has 0 amide bonds. The van der Waals surface area contributed by atoms with Crippen LogP contribution in [0.4, 0.5) is 0 Å². The van der Waals surface area contributed by atoms with Crippen molar-refractivity contribution in [2.45, 2.75) is 26.2 Å². The molecule has 1 N–H and O–H groups in total. The van der Waals surface area contributed by atoms with Gasteiger partial charge < -0.3 is 24.1 Å². The van der Waals surface area contributed by atoms with Gasteiger partial charge >= 0.3 is 0 Å². The van der Waals surface area contributed by atoms with Crippen molar-refractivity contribution in [1.29, 1.82) is 0 Å². The molecule has 0 aromatic rings. The maximum Gasteiger partial charge on any atom is 0.0701 e. The summed E-state index contributed by atoms with van der Waals surface area (Å²) < 4.78 is 21.0. The lowest BCUT2D eigenvalue weighted by molar-refractivity contribution is -0.00575. The molecule has 18 heavy (non-hydrogen) atoms. The molecule has 0 atom stereocenters. The van der Waals surface area contributed by atoms with Gasteiger partial charge in [0.1, 0.15) is 0 Å². The summed E-state index contributed by atoms with van der Waals surface area (Å²) in [5, 5.41) is 8.46. The number of hydrogen-bond donors (Lipinski definition) is 1. The smallest absolute Gasteiger partial charge is 0.0701 e. The number of aliphatic hydroxyl groups is 1. The number of ether oxygens (including phenoxy) is 4. The van der Waals surface area contributed by atoms with Crippen molar-refractivity contribution in [2.24, 2.45) is 0 Å². The van der Waals surface area contributed by atoms with Gasteiger partial charge in [-0.1, -0.05) is 19.8 Å². The van der Waals surface area contributed by atoms with Crippen LogP contribution in [0, 0.1) is 0 Å². The normalized spacial score (nSPS) is 11.0. The zero-order chi connectivity index (χ0) is 13.3. The molecule has 0 fully saturated rings. The van der Waals surface area contributed by atoms with E-state index in [0.717, 1.165) is 13.0 Å². The van der Waals surface area contributed by atoms with Crippen LogP contribution in [0.25, 0.3) is 0 Å². The molecule has 0 heterocycles. The van der Waals surface area contributed by atoms with E-state index in [1.807, 2.05) is 0 Å². The van der Waals surface area contributed by atoms with E-state index in [0.29, 0.717) is 46.2 Å². The Kier molecular flexibility index (Phi) is 16.6. The van der Waals surface area contributed by atoms with Crippen molar-refractivity contribution in [2.75, 3.05) is 59.5 Å². The maximum atomic E-state index is 8.46. The maximum absolute atomic E-state index is 8.46. The number of unbranched alkanes of at least 4 members (excludes halogenated alkanes) is 2. The first kappa shape index (κ1) is 17.8. The predicted octanol–water partition coefficient (Wildman–Crippen LogP) is 1.24. The van der Waals surface area contributed by atoms with E-state index in [1.54, 1.807) is 0 Å². The Morgan fingerprint density at radius 3 is 1.50 bits per heavy atom. The van der Waals surface area contributed by atoms with Crippen LogP contribution in [-0.4, -0.2) is 64.6 Å². The second-order valence-electron chi connectivity index (χ2n) is 3.88. The molecule has 0 radical (unpaired) electrons. The van der Waals surface area contributed by atoms with Gasteiger partial charge in [-0.05, 0) is 6.42 Å². The van der Waals surface area contributed by atoms with E-state index in [1.165, 1.54) is 12.8 Å². The van der Waals surface area contributed by atoms with Gasteiger partial charge in [0, 0.05) is 6.61 Å². The molecule has 0 spiro atoms. The summed E-state index contributed by atoms with van der Waals surface area (Å²) in [7, 11) is 0. The summed E-state index contributed by atoms with van der Waals surface area (Å²) in [4.78, 5) is 0. The first-order valence-corrected chi connectivity index (χ1v) is 6.83. The molecule has 0 saturated heterocycles. The molecule has 0 aromatic heterocycles. The van der Waals surface area contributed by atoms with Gasteiger partial charge in [0.05, 0.1) is 52.9 Å². The Morgan fingerprint density at radius 2 is 1.06 bits per heavy atom. The fourth-order valence-corrected chi connectivity index (χ4v) is 1.28. The number of hydrogen-bond acceptors (Lipinski definition) is 5. The molecule has 0 bridgehead atoms. The van der Waals surface area contributed by atoms with Gasteiger partial charge in [0.25, 0.3) is 0 Å². The van der Waals surface area contributed by atoms with Crippen molar-refractivity contribution in [3.05, 3.63) is 0 Å². The van der Waals surface area contributed by atoms with Crippen LogP contribution in [0.1, 0.15) is 26.2 Å². The molecule has 0 aliphatic rings. The molecular formula is C13H28O5. The van der Waals surface area contributed by atoms with Crippen LogP contribution >= 0.6 is 0 Å². The SMILES string of the molecule is CCCCCOCCOCCOCCOCCO. The minimum absolute atomic E-state index is 0.0569. The van der Waals surface area contributed by atoms with E-state index in [4.69, 9.17) is 24.1 Å². The predicted molar refractivity (Wildman–Crippen MR) is 69.9 cm³/mol. The zero-order valence-corrected chi connectivity index (χ0v) is 11.6. The Bertz CT molecular complexity index is 127. The highest BCUT2D eigenvalue weighted by Gasteiger charge is 1.92. The molecule has 5 nitrogen and oxygen atoms in total. The van der Waals surface area contributed by atoms with E-state index in [9.17, 15) is 0 Å².